The van der Waals surface area contributed by atoms with Crippen LogP contribution >= 0.6 is 31.1 Å². The van der Waals surface area contributed by atoms with Gasteiger partial charge in [0.1, 0.15) is 6.04 Å². The number of pyridine rings is 1. The van der Waals surface area contributed by atoms with Crippen LogP contribution in [0, 0.1) is 17.8 Å². The topological polar surface area (TPSA) is 216 Å². The van der Waals surface area contributed by atoms with Crippen molar-refractivity contribution in [3.63, 3.8) is 0 Å². The van der Waals surface area contributed by atoms with Crippen LogP contribution in [0.15, 0.2) is 77.7 Å². The highest BCUT2D eigenvalue weighted by Gasteiger charge is 2.57. The molecule has 0 bridgehead atoms. The standard InChI is InChI=1S/C55H67F2N8O9PS2/c1-33-8-14-42-41(26-33)46(61-60-42)49(69)63-21-17-40-13-15-44(62-64-31-38(30-54(64)18-19-54)35-16-20-58-45(66)29-35)65(40)48(68)43(32-63)59-47(67)36-10-9-34-11-12-39(28-37(34)27-36)55(56,57)75(72,73-22-24-76-50(70)52(2,3)4)74-23-25-77-51(71)53(5,6)7/h8-12,14,16,20,26-29,38,40,43-44,62H,13,15,17-19,21-25,30-32H2,1-7H3,(H,58,66)(H,59,67)(H,60,61)/t38?,40-,43+,44+/m1/s1. The van der Waals surface area contributed by atoms with Crippen molar-refractivity contribution in [2.24, 2.45) is 10.8 Å². The highest BCUT2D eigenvalue weighted by atomic mass is 32.2. The van der Waals surface area contributed by atoms with Crippen LogP contribution in [0.4, 0.5) is 8.78 Å². The van der Waals surface area contributed by atoms with E-state index in [1.165, 1.54) is 18.2 Å². The van der Waals surface area contributed by atoms with Gasteiger partial charge in [0.25, 0.3) is 11.8 Å². The molecule has 5 heterocycles. The summed E-state index contributed by atoms with van der Waals surface area (Å²) in [4.78, 5) is 87.9. The minimum atomic E-state index is -5.35. The van der Waals surface area contributed by atoms with Crippen LogP contribution in [0.2, 0.25) is 0 Å². The summed E-state index contributed by atoms with van der Waals surface area (Å²) in [6.45, 7) is 11.9. The van der Waals surface area contributed by atoms with Gasteiger partial charge in [-0.15, -0.1) is 0 Å². The number of carbonyl (C=O) groups is 5. The van der Waals surface area contributed by atoms with Gasteiger partial charge in [-0.2, -0.15) is 13.9 Å². The molecule has 22 heteroatoms. The number of hydrazine groups is 1. The number of benzene rings is 3. The van der Waals surface area contributed by atoms with Crippen molar-refractivity contribution in [3.05, 3.63) is 111 Å². The van der Waals surface area contributed by atoms with Crippen molar-refractivity contribution < 1.29 is 46.4 Å². The first kappa shape index (κ1) is 56.4. The molecule has 3 amide bonds. The summed E-state index contributed by atoms with van der Waals surface area (Å²) in [5, 5.41) is 13.4. The molecule has 3 aromatic carbocycles. The van der Waals surface area contributed by atoms with Crippen LogP contribution < -0.4 is 16.3 Å². The molecule has 1 spiro atoms. The lowest BCUT2D eigenvalue weighted by Gasteiger charge is -2.40. The number of halogens is 2. The van der Waals surface area contributed by atoms with Crippen molar-refractivity contribution in [2.75, 3.05) is 44.4 Å². The summed E-state index contributed by atoms with van der Waals surface area (Å²) in [5.41, 5.74) is -0.158. The summed E-state index contributed by atoms with van der Waals surface area (Å²) in [5.74, 6) is -1.54. The number of thioether (sulfide) groups is 2. The summed E-state index contributed by atoms with van der Waals surface area (Å²) in [7, 11) is -5.35. The molecule has 3 aliphatic heterocycles. The van der Waals surface area contributed by atoms with Gasteiger partial charge in [-0.05, 0) is 98.2 Å². The molecule has 1 saturated carbocycles. The Morgan fingerprint density at radius 1 is 0.844 bits per heavy atom. The van der Waals surface area contributed by atoms with Crippen molar-refractivity contribution >= 4 is 80.7 Å². The quantitative estimate of drug-likeness (QED) is 0.0536. The van der Waals surface area contributed by atoms with Gasteiger partial charge in [0.15, 0.2) is 15.9 Å². The third-order valence-corrected chi connectivity index (χ3v) is 19.4. The number of aromatic nitrogens is 3. The molecule has 77 heavy (non-hydrogen) atoms. The number of alkyl halides is 2. The Morgan fingerprint density at radius 3 is 2.19 bits per heavy atom. The smallest absolute Gasteiger partial charge is 0.339 e. The molecule has 4 atom stereocenters. The zero-order valence-electron chi connectivity index (χ0n) is 44.4. The SMILES string of the molecule is Cc1ccc2[nH]nc(C(=O)N3CC[C@H]4CC[C@@H](NN5CC(c6cc[nH]c(=O)c6)CC56CC6)N4C(=O)[C@@H](NC(=O)c4ccc5ccc(C(F)(F)P(=O)(OCCSC(=O)C(C)(C)C)OCCSC(=O)C(C)(C)C)cc5c4)C3)c2c1. The minimum absolute atomic E-state index is 0.0300. The minimum Gasteiger partial charge on any atom is -0.339 e. The molecule has 17 nitrogen and oxygen atoms in total. The first-order valence-corrected chi connectivity index (χ1v) is 29.6. The Kier molecular flexibility index (Phi) is 16.2. The first-order chi connectivity index (χ1) is 36.4. The van der Waals surface area contributed by atoms with Crippen molar-refractivity contribution in [3.8, 4) is 0 Å². The van der Waals surface area contributed by atoms with Gasteiger partial charge in [0, 0.05) is 81.7 Å². The lowest BCUT2D eigenvalue weighted by atomic mass is 9.96. The van der Waals surface area contributed by atoms with Crippen LogP contribution in [-0.2, 0) is 33.7 Å². The van der Waals surface area contributed by atoms with E-state index in [1.807, 2.05) is 36.1 Å². The predicted molar refractivity (Wildman–Crippen MR) is 294 cm³/mol. The number of nitrogens with one attached hydrogen (secondary N) is 4. The van der Waals surface area contributed by atoms with E-state index in [4.69, 9.17) is 9.05 Å². The summed E-state index contributed by atoms with van der Waals surface area (Å²) in [6, 6.07) is 15.8. The largest absolute Gasteiger partial charge is 0.404 e. The fraction of sp³-hybridized carbons (Fsp3) is 0.509. The van der Waals surface area contributed by atoms with Crippen LogP contribution in [0.3, 0.4) is 0 Å². The second kappa shape index (κ2) is 22.1. The second-order valence-electron chi connectivity index (χ2n) is 22.8. The van der Waals surface area contributed by atoms with Gasteiger partial charge in [0.2, 0.25) is 11.5 Å². The maximum atomic E-state index is 16.9. The number of hydrogen-bond acceptors (Lipinski definition) is 14. The van der Waals surface area contributed by atoms with E-state index in [9.17, 15) is 28.5 Å². The summed E-state index contributed by atoms with van der Waals surface area (Å²) in [6.07, 6.45) is 5.75. The van der Waals surface area contributed by atoms with Gasteiger partial charge < -0.3 is 29.1 Å². The highest BCUT2D eigenvalue weighted by molar-refractivity contribution is 8.14. The zero-order chi connectivity index (χ0) is 55.2. The lowest BCUT2D eigenvalue weighted by Crippen LogP contribution is -2.63. The van der Waals surface area contributed by atoms with E-state index in [0.717, 1.165) is 66.0 Å². The van der Waals surface area contributed by atoms with Crippen LogP contribution in [0.25, 0.3) is 21.7 Å². The van der Waals surface area contributed by atoms with Gasteiger partial charge in [-0.3, -0.25) is 38.4 Å². The number of rotatable bonds is 16. The molecule has 412 valence electrons. The fourth-order valence-corrected chi connectivity index (χ4v) is 13.7. The van der Waals surface area contributed by atoms with Crippen LogP contribution in [0.5, 0.6) is 0 Å². The molecule has 3 saturated heterocycles. The van der Waals surface area contributed by atoms with Crippen LogP contribution in [-0.4, -0.2) is 126 Å². The molecule has 1 unspecified atom stereocenters. The van der Waals surface area contributed by atoms with Crippen molar-refractivity contribution in [1.82, 2.24) is 40.7 Å². The van der Waals surface area contributed by atoms with Crippen LogP contribution in [0.1, 0.15) is 124 Å². The van der Waals surface area contributed by atoms with Gasteiger partial charge in [0.05, 0.1) is 31.4 Å². The summed E-state index contributed by atoms with van der Waals surface area (Å²) >= 11 is 1.73. The third-order valence-electron chi connectivity index (χ3n) is 14.9. The van der Waals surface area contributed by atoms with E-state index in [-0.39, 0.29) is 74.5 Å². The lowest BCUT2D eigenvalue weighted by molar-refractivity contribution is -0.140. The molecule has 0 radical (unpaired) electrons. The van der Waals surface area contributed by atoms with Gasteiger partial charge in [-0.1, -0.05) is 94.9 Å². The van der Waals surface area contributed by atoms with E-state index in [1.54, 1.807) is 64.8 Å². The van der Waals surface area contributed by atoms with E-state index in [0.29, 0.717) is 42.1 Å². The molecule has 4 aliphatic rings. The zero-order valence-corrected chi connectivity index (χ0v) is 46.9. The molecule has 9 rings (SSSR count). The Balaban J connectivity index is 0.976. The number of fused-ring (bicyclic) bond motifs is 3. The Morgan fingerprint density at radius 2 is 1.53 bits per heavy atom. The highest BCUT2D eigenvalue weighted by Crippen LogP contribution is 2.67. The average molecular weight is 1120 g/mol. The molecular weight excluding hydrogens is 1050 g/mol. The molecular formula is C55H67F2N8O9PS2. The number of H-pyrrole nitrogens is 2. The molecule has 2 aromatic heterocycles. The molecule has 5 aromatic rings. The maximum absolute atomic E-state index is 16.9. The number of amides is 3. The number of carbonyl (C=O) groups excluding carboxylic acids is 5. The van der Waals surface area contributed by atoms with Gasteiger partial charge in [-0.25, -0.2) is 10.4 Å². The predicted octanol–water partition coefficient (Wildman–Crippen LogP) is 9.09. The third kappa shape index (κ3) is 12.2. The number of aromatic amines is 2. The fourth-order valence-electron chi connectivity index (χ4n) is 10.4. The van der Waals surface area contributed by atoms with E-state index >= 15 is 13.6 Å². The Labute approximate surface area is 454 Å². The molecule has 1 aliphatic carbocycles. The van der Waals surface area contributed by atoms with Gasteiger partial charge >= 0.3 is 13.3 Å². The van der Waals surface area contributed by atoms with Crippen molar-refractivity contribution in [1.29, 1.82) is 0 Å². The normalized spacial score (nSPS) is 21.1. The number of aryl methyl sites for hydroxylation is 1. The number of nitrogens with zero attached hydrogens (tertiary/aromatic N) is 4. The first-order valence-electron chi connectivity index (χ1n) is 26.1. The monoisotopic (exact) mass is 1120 g/mol. The van der Waals surface area contributed by atoms with E-state index < -0.39 is 72.8 Å². The average Bonchev–Trinajstić information content (AvgIpc) is 3.69. The van der Waals surface area contributed by atoms with Crippen molar-refractivity contribution in [2.45, 2.75) is 122 Å². The molecule has 4 fully saturated rings. The summed E-state index contributed by atoms with van der Waals surface area (Å²) < 4.78 is 58.9. The molecule has 4 N–H and O–H groups in total. The Hall–Kier alpha value is -5.28. The second-order valence-corrected chi connectivity index (χ2v) is 27.0. The Bertz CT molecular complexity index is 3170. The number of hydrogen-bond donors (Lipinski definition) is 4. The maximum Gasteiger partial charge on any atom is 0.404 e. The van der Waals surface area contributed by atoms with E-state index in [2.05, 4.69) is 30.9 Å².